The van der Waals surface area contributed by atoms with E-state index in [-0.39, 0.29) is 18.8 Å². The molecular weight excluding hydrogens is 208 g/mol. The molecule has 0 aromatic heterocycles. The highest BCUT2D eigenvalue weighted by Gasteiger charge is 2.36. The summed E-state index contributed by atoms with van der Waals surface area (Å²) in [6, 6.07) is 0. The van der Waals surface area contributed by atoms with E-state index in [1.165, 1.54) is 12.2 Å². The lowest BCUT2D eigenvalue weighted by Gasteiger charge is -2.31. The largest absolute Gasteiger partial charge is 0.277 e. The van der Waals surface area contributed by atoms with Crippen LogP contribution in [-0.4, -0.2) is 30.1 Å². The molecule has 0 aromatic rings. The summed E-state index contributed by atoms with van der Waals surface area (Å²) in [7, 11) is 3.22. The SMILES string of the molecule is CON(C)C(=S)C1CCC(F)(F)CC1. The first-order valence-corrected chi connectivity index (χ1v) is 5.06. The van der Waals surface area contributed by atoms with E-state index < -0.39 is 5.92 Å². The van der Waals surface area contributed by atoms with Crippen molar-refractivity contribution in [3.63, 3.8) is 0 Å². The van der Waals surface area contributed by atoms with Gasteiger partial charge in [-0.3, -0.25) is 9.90 Å². The van der Waals surface area contributed by atoms with Crippen LogP contribution in [0.2, 0.25) is 0 Å². The van der Waals surface area contributed by atoms with Gasteiger partial charge < -0.3 is 0 Å². The van der Waals surface area contributed by atoms with Crippen molar-refractivity contribution in [2.24, 2.45) is 5.92 Å². The Morgan fingerprint density at radius 1 is 1.43 bits per heavy atom. The Morgan fingerprint density at radius 3 is 2.36 bits per heavy atom. The molecule has 1 fully saturated rings. The van der Waals surface area contributed by atoms with Crippen molar-refractivity contribution >= 4 is 17.2 Å². The molecule has 1 saturated carbocycles. The van der Waals surface area contributed by atoms with Crippen molar-refractivity contribution in [2.75, 3.05) is 14.2 Å². The number of halogens is 2. The van der Waals surface area contributed by atoms with Crippen LogP contribution in [0.15, 0.2) is 0 Å². The summed E-state index contributed by atoms with van der Waals surface area (Å²) in [5, 5.41) is 1.48. The minimum Gasteiger partial charge on any atom is -0.277 e. The zero-order chi connectivity index (χ0) is 10.8. The van der Waals surface area contributed by atoms with Gasteiger partial charge in [0.15, 0.2) is 0 Å². The predicted octanol–water partition coefficient (Wildman–Crippen LogP) is 2.63. The molecule has 0 heterocycles. The van der Waals surface area contributed by atoms with Crippen LogP contribution in [0.3, 0.4) is 0 Å². The van der Waals surface area contributed by atoms with E-state index in [1.54, 1.807) is 7.05 Å². The molecule has 0 bridgehead atoms. The standard InChI is InChI=1S/C9H15F2NOS/c1-12(13-2)8(14)7-3-5-9(10,11)6-4-7/h7H,3-6H2,1-2H3. The zero-order valence-corrected chi connectivity index (χ0v) is 9.24. The second kappa shape index (κ2) is 4.49. The topological polar surface area (TPSA) is 12.5 Å². The normalized spacial score (nSPS) is 22.0. The molecular formula is C9H15F2NOS. The summed E-state index contributed by atoms with van der Waals surface area (Å²) < 4.78 is 25.7. The van der Waals surface area contributed by atoms with Crippen LogP contribution in [0.25, 0.3) is 0 Å². The molecule has 0 N–H and O–H groups in total. The van der Waals surface area contributed by atoms with Crippen molar-refractivity contribution in [3.8, 4) is 0 Å². The first kappa shape index (κ1) is 11.8. The van der Waals surface area contributed by atoms with Crippen molar-refractivity contribution in [1.82, 2.24) is 5.06 Å². The maximum Gasteiger partial charge on any atom is 0.248 e. The highest BCUT2D eigenvalue weighted by Crippen LogP contribution is 2.36. The van der Waals surface area contributed by atoms with Crippen LogP contribution < -0.4 is 0 Å². The Bertz CT molecular complexity index is 213. The molecule has 0 aromatic carbocycles. The Balaban J connectivity index is 2.46. The van der Waals surface area contributed by atoms with Gasteiger partial charge in [0.2, 0.25) is 5.92 Å². The van der Waals surface area contributed by atoms with Gasteiger partial charge in [0.05, 0.1) is 7.11 Å². The number of nitrogens with zero attached hydrogens (tertiary/aromatic N) is 1. The van der Waals surface area contributed by atoms with Crippen molar-refractivity contribution in [2.45, 2.75) is 31.6 Å². The van der Waals surface area contributed by atoms with Gasteiger partial charge in [0, 0.05) is 25.8 Å². The molecule has 0 unspecified atom stereocenters. The average Bonchev–Trinajstić information content (AvgIpc) is 2.15. The summed E-state index contributed by atoms with van der Waals surface area (Å²) in [6.07, 6.45) is 0.795. The second-order valence-corrected chi connectivity index (χ2v) is 4.07. The lowest BCUT2D eigenvalue weighted by molar-refractivity contribution is -0.0581. The summed E-state index contributed by atoms with van der Waals surface area (Å²) in [5.74, 6) is -2.42. The van der Waals surface area contributed by atoms with Crippen LogP contribution >= 0.6 is 12.2 Å². The molecule has 0 radical (unpaired) electrons. The molecule has 2 nitrogen and oxygen atoms in total. The minimum atomic E-state index is -2.49. The summed E-state index contributed by atoms with van der Waals surface area (Å²) >= 11 is 5.13. The minimum absolute atomic E-state index is 0.0602. The van der Waals surface area contributed by atoms with Crippen molar-refractivity contribution in [3.05, 3.63) is 0 Å². The summed E-state index contributed by atoms with van der Waals surface area (Å²) in [5.41, 5.74) is 0. The zero-order valence-electron chi connectivity index (χ0n) is 8.43. The molecule has 14 heavy (non-hydrogen) atoms. The molecule has 0 amide bonds. The first-order chi connectivity index (χ1) is 6.46. The number of hydroxylamine groups is 2. The van der Waals surface area contributed by atoms with Gasteiger partial charge in [0.25, 0.3) is 0 Å². The monoisotopic (exact) mass is 223 g/mol. The molecule has 1 aliphatic carbocycles. The van der Waals surface area contributed by atoms with Crippen molar-refractivity contribution in [1.29, 1.82) is 0 Å². The fourth-order valence-electron chi connectivity index (χ4n) is 1.63. The van der Waals surface area contributed by atoms with E-state index in [9.17, 15) is 8.78 Å². The van der Waals surface area contributed by atoms with Crippen LogP contribution in [0.4, 0.5) is 8.78 Å². The van der Waals surface area contributed by atoms with Crippen LogP contribution in [0, 0.1) is 5.92 Å². The third-order valence-corrected chi connectivity index (χ3v) is 3.24. The van der Waals surface area contributed by atoms with Crippen LogP contribution in [0.5, 0.6) is 0 Å². The van der Waals surface area contributed by atoms with Gasteiger partial charge in [-0.2, -0.15) is 0 Å². The highest BCUT2D eigenvalue weighted by atomic mass is 32.1. The van der Waals surface area contributed by atoms with Crippen molar-refractivity contribution < 1.29 is 13.6 Å². The number of hydrogen-bond donors (Lipinski definition) is 0. The van der Waals surface area contributed by atoms with Gasteiger partial charge in [-0.1, -0.05) is 12.2 Å². The Labute approximate surface area is 88.2 Å². The fourth-order valence-corrected chi connectivity index (χ4v) is 1.94. The lowest BCUT2D eigenvalue weighted by atomic mass is 9.86. The second-order valence-electron chi connectivity index (χ2n) is 3.65. The number of thiocarbonyl (C=S) groups is 1. The fraction of sp³-hybridized carbons (Fsp3) is 0.889. The Hall–Kier alpha value is -0.290. The first-order valence-electron chi connectivity index (χ1n) is 4.66. The number of alkyl halides is 2. The molecule has 0 saturated heterocycles. The lowest BCUT2D eigenvalue weighted by Crippen LogP contribution is -2.35. The van der Waals surface area contributed by atoms with E-state index >= 15 is 0 Å². The van der Waals surface area contributed by atoms with Gasteiger partial charge in [-0.15, -0.1) is 0 Å². The van der Waals surface area contributed by atoms with Gasteiger partial charge in [0.1, 0.15) is 4.99 Å². The molecule has 82 valence electrons. The molecule has 1 rings (SSSR count). The number of hydrogen-bond acceptors (Lipinski definition) is 2. The third kappa shape index (κ3) is 2.85. The molecule has 0 aliphatic heterocycles. The highest BCUT2D eigenvalue weighted by molar-refractivity contribution is 7.80. The van der Waals surface area contributed by atoms with E-state index in [1.807, 2.05) is 0 Å². The maximum atomic E-state index is 12.8. The van der Waals surface area contributed by atoms with E-state index in [0.29, 0.717) is 17.8 Å². The van der Waals surface area contributed by atoms with Gasteiger partial charge in [-0.25, -0.2) is 8.78 Å². The molecule has 5 heteroatoms. The van der Waals surface area contributed by atoms with Crippen LogP contribution in [-0.2, 0) is 4.84 Å². The molecule has 0 spiro atoms. The van der Waals surface area contributed by atoms with Gasteiger partial charge >= 0.3 is 0 Å². The molecule has 0 atom stereocenters. The quantitative estimate of drug-likeness (QED) is 0.527. The Kier molecular flexibility index (Phi) is 3.78. The smallest absolute Gasteiger partial charge is 0.248 e. The number of rotatable bonds is 2. The van der Waals surface area contributed by atoms with E-state index in [2.05, 4.69) is 0 Å². The van der Waals surface area contributed by atoms with E-state index in [4.69, 9.17) is 17.1 Å². The predicted molar refractivity (Wildman–Crippen MR) is 54.3 cm³/mol. The average molecular weight is 223 g/mol. The molecule has 1 aliphatic rings. The Morgan fingerprint density at radius 2 is 1.93 bits per heavy atom. The van der Waals surface area contributed by atoms with E-state index in [0.717, 1.165) is 0 Å². The third-order valence-electron chi connectivity index (χ3n) is 2.65. The van der Waals surface area contributed by atoms with Crippen LogP contribution in [0.1, 0.15) is 25.7 Å². The maximum absolute atomic E-state index is 12.8. The summed E-state index contributed by atoms with van der Waals surface area (Å²) in [6.45, 7) is 0. The summed E-state index contributed by atoms with van der Waals surface area (Å²) in [4.78, 5) is 5.55. The van der Waals surface area contributed by atoms with Gasteiger partial charge in [-0.05, 0) is 12.8 Å².